The Bertz CT molecular complexity index is 709. The van der Waals surface area contributed by atoms with Crippen LogP contribution in [0.25, 0.3) is 0 Å². The fourth-order valence-corrected chi connectivity index (χ4v) is 17.0. The van der Waals surface area contributed by atoms with Crippen LogP contribution in [0.2, 0.25) is 0 Å². The van der Waals surface area contributed by atoms with Gasteiger partial charge in [0, 0.05) is 23.0 Å². The zero-order valence-electron chi connectivity index (χ0n) is 30.2. The molecular weight excluding hydrogens is 748 g/mol. The Balaban J connectivity index is 5.40. The first-order chi connectivity index (χ1) is 21.5. The van der Waals surface area contributed by atoms with Crippen LogP contribution in [-0.4, -0.2) is 84.9 Å². The lowest BCUT2D eigenvalue weighted by Gasteiger charge is -2.27. The monoisotopic (exact) mass is 808 g/mol. The van der Waals surface area contributed by atoms with Crippen molar-refractivity contribution in [3.63, 3.8) is 0 Å². The summed E-state index contributed by atoms with van der Waals surface area (Å²) in [5, 5.41) is 0. The lowest BCUT2D eigenvalue weighted by Crippen LogP contribution is -2.15. The molecule has 0 heterocycles. The normalized spacial score (nSPS) is 15.9. The van der Waals surface area contributed by atoms with Crippen molar-refractivity contribution in [2.45, 2.75) is 145 Å². The van der Waals surface area contributed by atoms with Gasteiger partial charge in [-0.3, -0.25) is 4.79 Å². The van der Waals surface area contributed by atoms with Gasteiger partial charge in [-0.25, -0.2) is 0 Å². The summed E-state index contributed by atoms with van der Waals surface area (Å²) in [6.07, 6.45) is 0.352. The summed E-state index contributed by atoms with van der Waals surface area (Å²) in [4.78, 5) is 11.6. The van der Waals surface area contributed by atoms with Crippen LogP contribution in [0.5, 0.6) is 0 Å². The van der Waals surface area contributed by atoms with Crippen LogP contribution in [-0.2, 0) is 45.7 Å². The minimum atomic E-state index is -1.30. The third kappa shape index (κ3) is 28.9. The molecule has 0 N–H and O–H groups in total. The molecule has 4 atom stereocenters. The van der Waals surface area contributed by atoms with Crippen LogP contribution >= 0.6 is 75.8 Å². The van der Waals surface area contributed by atoms with E-state index in [0.717, 1.165) is 0 Å². The number of ether oxygens (including phenoxy) is 1. The second-order valence-corrected chi connectivity index (χ2v) is 24.1. The van der Waals surface area contributed by atoms with E-state index in [2.05, 4.69) is 13.8 Å². The van der Waals surface area contributed by atoms with Crippen LogP contribution in [0.15, 0.2) is 0 Å². The second-order valence-electron chi connectivity index (χ2n) is 11.5. The van der Waals surface area contributed by atoms with E-state index < -0.39 is 30.3 Å². The second kappa shape index (κ2) is 28.8. The molecule has 0 saturated carbocycles. The van der Waals surface area contributed by atoms with Crippen molar-refractivity contribution in [3.8, 4) is 0 Å². The van der Waals surface area contributed by atoms with E-state index >= 15 is 0 Å². The maximum Gasteiger partial charge on any atom is 0.306 e. The summed E-state index contributed by atoms with van der Waals surface area (Å²) < 4.78 is 54.2. The predicted molar refractivity (Wildman–Crippen MR) is 207 cm³/mol. The number of hydrogen-bond acceptors (Lipinski definition) is 14. The van der Waals surface area contributed by atoms with Gasteiger partial charge < -0.3 is 40.9 Å². The van der Waals surface area contributed by atoms with Crippen molar-refractivity contribution in [2.75, 3.05) is 30.1 Å². The smallest absolute Gasteiger partial charge is 0.306 e. The molecule has 18 heteroatoms. The van der Waals surface area contributed by atoms with E-state index in [0.29, 0.717) is 29.4 Å². The van der Waals surface area contributed by atoms with Crippen molar-refractivity contribution in [2.24, 2.45) is 0 Å². The van der Waals surface area contributed by atoms with E-state index in [1.54, 1.807) is 34.1 Å². The molecule has 0 rings (SSSR count). The van der Waals surface area contributed by atoms with Gasteiger partial charge in [-0.2, -0.15) is 0 Å². The maximum atomic E-state index is 11.6. The molecular formula is C28H60O10P4S4. The Kier molecular flexibility index (Phi) is 30.2. The summed E-state index contributed by atoms with van der Waals surface area (Å²) in [7, 11) is -3.31. The molecule has 0 amide bonds. The Morgan fingerprint density at radius 1 is 0.457 bits per heavy atom. The van der Waals surface area contributed by atoms with Gasteiger partial charge in [0.15, 0.2) is 0 Å². The third-order valence-corrected chi connectivity index (χ3v) is 18.4. The number of methoxy groups -OCH3 is 1. The molecule has 0 aliphatic heterocycles. The van der Waals surface area contributed by atoms with Crippen molar-refractivity contribution in [1.29, 1.82) is 0 Å². The molecule has 0 aromatic carbocycles. The Morgan fingerprint density at radius 3 is 0.978 bits per heavy atom. The van der Waals surface area contributed by atoms with Crippen LogP contribution < -0.4 is 0 Å². The zero-order chi connectivity index (χ0) is 35.2. The first kappa shape index (κ1) is 48.3. The Labute approximate surface area is 301 Å². The number of rotatable bonds is 29. The van der Waals surface area contributed by atoms with E-state index in [1.165, 1.54) is 18.5 Å². The van der Waals surface area contributed by atoms with Crippen LogP contribution in [0.3, 0.4) is 0 Å². The molecule has 0 saturated heterocycles. The van der Waals surface area contributed by atoms with Gasteiger partial charge >= 0.3 is 5.97 Å². The molecule has 0 radical (unpaired) electrons. The van der Waals surface area contributed by atoms with Gasteiger partial charge in [-0.05, 0) is 90.0 Å². The third-order valence-electron chi connectivity index (χ3n) is 4.26. The van der Waals surface area contributed by atoms with E-state index in [9.17, 15) is 4.79 Å². The molecule has 46 heavy (non-hydrogen) atoms. The van der Waals surface area contributed by atoms with Crippen molar-refractivity contribution in [3.05, 3.63) is 0 Å². The van der Waals surface area contributed by atoms with Crippen LogP contribution in [0.1, 0.15) is 96.4 Å². The topological polar surface area (TPSA) is 100 Å². The lowest BCUT2D eigenvalue weighted by atomic mass is 10.5. The van der Waals surface area contributed by atoms with E-state index in [1.807, 2.05) is 76.2 Å². The molecule has 0 bridgehead atoms. The summed E-state index contributed by atoms with van der Waals surface area (Å²) in [5.74, 6) is 2.41. The summed E-state index contributed by atoms with van der Waals surface area (Å²) >= 11 is 6.45. The fraction of sp³-hybridized carbons (Fsp3) is 0.964. The maximum absolute atomic E-state index is 11.6. The van der Waals surface area contributed by atoms with Crippen molar-refractivity contribution < 1.29 is 45.7 Å². The minimum Gasteiger partial charge on any atom is -0.469 e. The molecule has 4 unspecified atom stereocenters. The molecule has 10 nitrogen and oxygen atoms in total. The number of carbonyl (C=O) groups excluding carboxylic acids is 1. The van der Waals surface area contributed by atoms with Crippen molar-refractivity contribution >= 4 is 81.8 Å². The lowest BCUT2D eigenvalue weighted by molar-refractivity contribution is -0.140. The average molecular weight is 809 g/mol. The molecule has 0 aromatic heterocycles. The van der Waals surface area contributed by atoms with E-state index in [-0.39, 0.29) is 54.8 Å². The number of carbonyl (C=O) groups is 1. The first-order valence-electron chi connectivity index (χ1n) is 15.6. The van der Waals surface area contributed by atoms with Gasteiger partial charge in [0.25, 0.3) is 0 Å². The highest BCUT2D eigenvalue weighted by Crippen LogP contribution is 2.60. The number of hydrogen-bond donors (Lipinski definition) is 0. The molecule has 276 valence electrons. The van der Waals surface area contributed by atoms with Gasteiger partial charge in [-0.1, -0.05) is 45.5 Å². The quantitative estimate of drug-likeness (QED) is 0.0529. The SMILES string of the molecule is COC(=O)CCSP(OC(C)C)OC(C)CSP(OC(C)CSP(OC(C)C)OC(C)C)OC(C)CSP(OC(C)C)OC(C)C. The largest absolute Gasteiger partial charge is 0.469 e. The van der Waals surface area contributed by atoms with Crippen LogP contribution in [0.4, 0.5) is 0 Å². The highest BCUT2D eigenvalue weighted by atomic mass is 32.7. The molecule has 0 aliphatic rings. The molecule has 0 aliphatic carbocycles. The van der Waals surface area contributed by atoms with Gasteiger partial charge in [0.1, 0.15) is 0 Å². The molecule has 0 fully saturated rings. The summed E-state index contributed by atoms with van der Waals surface area (Å²) in [5.41, 5.74) is 0. The Morgan fingerprint density at radius 2 is 0.717 bits per heavy atom. The first-order valence-corrected chi connectivity index (χ1v) is 26.7. The molecule has 0 aromatic rings. The van der Waals surface area contributed by atoms with Crippen LogP contribution in [0, 0.1) is 0 Å². The van der Waals surface area contributed by atoms with E-state index in [4.69, 9.17) is 40.9 Å². The highest BCUT2D eigenvalue weighted by Gasteiger charge is 2.26. The summed E-state index contributed by atoms with van der Waals surface area (Å²) in [6, 6.07) is 0. The highest BCUT2D eigenvalue weighted by molar-refractivity contribution is 8.54. The minimum absolute atomic E-state index is 0.00625. The average Bonchev–Trinajstić information content (AvgIpc) is 2.91. The Hall–Kier alpha value is 2.27. The number of esters is 1. The van der Waals surface area contributed by atoms with Gasteiger partial charge in [0.05, 0.1) is 62.4 Å². The van der Waals surface area contributed by atoms with Gasteiger partial charge in [-0.15, -0.1) is 0 Å². The standard InChI is InChI=1S/C28H60O10P4S4/c1-20(2)31-39(32-21(3)4)44-17-26(12)37-42(38-27(13)18-45-40(33-22(5)6)34-23(7)8)46-19-25(11)36-41(35-24(9)10)43-16-15-28(29)30-14/h20-27H,15-19H2,1-14H3. The summed E-state index contributed by atoms with van der Waals surface area (Å²) in [6.45, 7) is 26.3. The van der Waals surface area contributed by atoms with Crippen molar-refractivity contribution in [1.82, 2.24) is 0 Å². The fourth-order valence-electron chi connectivity index (χ4n) is 2.54. The van der Waals surface area contributed by atoms with Gasteiger partial charge in [0.2, 0.25) is 30.3 Å². The molecule has 0 spiro atoms. The predicted octanol–water partition coefficient (Wildman–Crippen LogP) is 11.7. The zero-order valence-corrected chi connectivity index (χ0v) is 37.0.